The highest BCUT2D eigenvalue weighted by atomic mass is 35.5. The molecule has 1 aromatic heterocycles. The van der Waals surface area contributed by atoms with Gasteiger partial charge in [-0.05, 0) is 37.1 Å². The molecule has 0 fully saturated rings. The number of hydrogen-bond acceptors (Lipinski definition) is 3. The first-order valence-electron chi connectivity index (χ1n) is 7.45. The van der Waals surface area contributed by atoms with E-state index in [0.29, 0.717) is 35.4 Å². The summed E-state index contributed by atoms with van der Waals surface area (Å²) in [5.74, 6) is 1.69. The highest BCUT2D eigenvalue weighted by Crippen LogP contribution is 2.22. The molecule has 0 spiro atoms. The van der Waals surface area contributed by atoms with Crippen molar-refractivity contribution in [2.24, 2.45) is 5.92 Å². The molecule has 0 radical (unpaired) electrons. The van der Waals surface area contributed by atoms with E-state index in [4.69, 9.17) is 16.0 Å². The van der Waals surface area contributed by atoms with Gasteiger partial charge in [-0.15, -0.1) is 0 Å². The summed E-state index contributed by atoms with van der Waals surface area (Å²) in [4.78, 5) is 16.1. The standard InChI is InChI=1S/C17H21ClN2O2/c1-11(2)12(3)20-16(21)8-9-17-19-10-15(22-17)13-4-6-14(18)7-5-13/h4-7,10-12H,8-9H2,1-3H3,(H,20,21). The second-order valence-corrected chi connectivity index (χ2v) is 6.16. The van der Waals surface area contributed by atoms with E-state index < -0.39 is 0 Å². The van der Waals surface area contributed by atoms with Gasteiger partial charge in [0, 0.05) is 29.5 Å². The number of halogens is 1. The number of rotatable bonds is 6. The number of aromatic nitrogens is 1. The lowest BCUT2D eigenvalue weighted by atomic mass is 10.1. The first-order valence-corrected chi connectivity index (χ1v) is 7.83. The van der Waals surface area contributed by atoms with Crippen LogP contribution in [0.15, 0.2) is 34.9 Å². The molecule has 1 heterocycles. The summed E-state index contributed by atoms with van der Waals surface area (Å²) >= 11 is 5.86. The Morgan fingerprint density at radius 1 is 1.27 bits per heavy atom. The number of oxazole rings is 1. The van der Waals surface area contributed by atoms with Crippen LogP contribution in [0.25, 0.3) is 11.3 Å². The number of nitrogens with zero attached hydrogens (tertiary/aromatic N) is 1. The molecule has 1 atom stereocenters. The van der Waals surface area contributed by atoms with Gasteiger partial charge < -0.3 is 9.73 Å². The van der Waals surface area contributed by atoms with Crippen LogP contribution in [0.1, 0.15) is 33.1 Å². The fourth-order valence-corrected chi connectivity index (χ4v) is 2.01. The first-order chi connectivity index (χ1) is 10.5. The molecule has 22 heavy (non-hydrogen) atoms. The molecule has 1 N–H and O–H groups in total. The Morgan fingerprint density at radius 3 is 2.59 bits per heavy atom. The number of nitrogens with one attached hydrogen (secondary N) is 1. The van der Waals surface area contributed by atoms with Gasteiger partial charge in [0.1, 0.15) is 0 Å². The maximum Gasteiger partial charge on any atom is 0.220 e. The van der Waals surface area contributed by atoms with Gasteiger partial charge in [0.25, 0.3) is 0 Å². The van der Waals surface area contributed by atoms with Crippen molar-refractivity contribution >= 4 is 17.5 Å². The van der Waals surface area contributed by atoms with Crippen molar-refractivity contribution in [3.63, 3.8) is 0 Å². The number of hydrogen-bond donors (Lipinski definition) is 1. The molecule has 0 aliphatic carbocycles. The Morgan fingerprint density at radius 2 is 1.95 bits per heavy atom. The fourth-order valence-electron chi connectivity index (χ4n) is 1.89. The number of benzene rings is 1. The summed E-state index contributed by atoms with van der Waals surface area (Å²) in [6, 6.07) is 7.54. The summed E-state index contributed by atoms with van der Waals surface area (Å²) in [5.41, 5.74) is 0.918. The summed E-state index contributed by atoms with van der Waals surface area (Å²) < 4.78 is 5.68. The molecule has 2 aromatic rings. The Labute approximate surface area is 135 Å². The zero-order valence-electron chi connectivity index (χ0n) is 13.1. The van der Waals surface area contributed by atoms with Crippen LogP contribution >= 0.6 is 11.6 Å². The van der Waals surface area contributed by atoms with Gasteiger partial charge in [0.05, 0.1) is 6.20 Å². The van der Waals surface area contributed by atoms with E-state index in [1.54, 1.807) is 18.3 Å². The van der Waals surface area contributed by atoms with Crippen molar-refractivity contribution in [1.82, 2.24) is 10.3 Å². The molecule has 0 aliphatic rings. The Hall–Kier alpha value is -1.81. The molecule has 1 aromatic carbocycles. The molecule has 4 nitrogen and oxygen atoms in total. The summed E-state index contributed by atoms with van der Waals surface area (Å²) in [7, 11) is 0. The van der Waals surface area contributed by atoms with Gasteiger partial charge in [-0.2, -0.15) is 0 Å². The van der Waals surface area contributed by atoms with Gasteiger partial charge in [-0.3, -0.25) is 4.79 Å². The van der Waals surface area contributed by atoms with E-state index in [0.717, 1.165) is 5.56 Å². The van der Waals surface area contributed by atoms with Gasteiger partial charge in [-0.1, -0.05) is 25.4 Å². The van der Waals surface area contributed by atoms with Crippen LogP contribution in [0.5, 0.6) is 0 Å². The van der Waals surface area contributed by atoms with Gasteiger partial charge >= 0.3 is 0 Å². The second kappa shape index (κ2) is 7.45. The molecule has 0 bridgehead atoms. The van der Waals surface area contributed by atoms with Crippen molar-refractivity contribution in [2.75, 3.05) is 0 Å². The molecule has 2 rings (SSSR count). The maximum atomic E-state index is 11.9. The van der Waals surface area contributed by atoms with Crippen LogP contribution in [0, 0.1) is 5.92 Å². The van der Waals surface area contributed by atoms with Crippen LogP contribution in [0.4, 0.5) is 0 Å². The highest BCUT2D eigenvalue weighted by molar-refractivity contribution is 6.30. The van der Waals surface area contributed by atoms with Crippen LogP contribution in [0.2, 0.25) is 5.02 Å². The highest BCUT2D eigenvalue weighted by Gasteiger charge is 2.12. The Balaban J connectivity index is 1.90. The third-order valence-corrected chi connectivity index (χ3v) is 3.89. The SMILES string of the molecule is CC(C)C(C)NC(=O)CCc1ncc(-c2ccc(Cl)cc2)o1. The lowest BCUT2D eigenvalue weighted by molar-refractivity contribution is -0.122. The van der Waals surface area contributed by atoms with E-state index in [1.807, 2.05) is 19.1 Å². The largest absolute Gasteiger partial charge is 0.441 e. The van der Waals surface area contributed by atoms with Crippen LogP contribution in [-0.4, -0.2) is 16.9 Å². The van der Waals surface area contributed by atoms with Gasteiger partial charge in [-0.25, -0.2) is 4.98 Å². The topological polar surface area (TPSA) is 55.1 Å². The third kappa shape index (κ3) is 4.60. The Kier molecular flexibility index (Phi) is 5.61. The molecular weight excluding hydrogens is 300 g/mol. The first kappa shape index (κ1) is 16.6. The zero-order chi connectivity index (χ0) is 16.1. The van der Waals surface area contributed by atoms with E-state index in [2.05, 4.69) is 24.1 Å². The van der Waals surface area contributed by atoms with E-state index in [1.165, 1.54) is 0 Å². The minimum atomic E-state index is 0.0208. The minimum absolute atomic E-state index is 0.0208. The van der Waals surface area contributed by atoms with E-state index in [-0.39, 0.29) is 11.9 Å². The van der Waals surface area contributed by atoms with Crippen molar-refractivity contribution in [2.45, 2.75) is 39.7 Å². The third-order valence-electron chi connectivity index (χ3n) is 3.64. The summed E-state index contributed by atoms with van der Waals surface area (Å²) in [5, 5.41) is 3.65. The summed E-state index contributed by atoms with van der Waals surface area (Å²) in [6.45, 7) is 6.17. The van der Waals surface area contributed by atoms with Crippen molar-refractivity contribution in [3.05, 3.63) is 41.4 Å². The van der Waals surface area contributed by atoms with Crippen molar-refractivity contribution in [1.29, 1.82) is 0 Å². The molecule has 0 saturated carbocycles. The number of carbonyl (C=O) groups is 1. The van der Waals surface area contributed by atoms with Crippen LogP contribution in [-0.2, 0) is 11.2 Å². The predicted molar refractivity (Wildman–Crippen MR) is 87.7 cm³/mol. The van der Waals surface area contributed by atoms with Gasteiger partial charge in [0.15, 0.2) is 11.7 Å². The quantitative estimate of drug-likeness (QED) is 0.872. The van der Waals surface area contributed by atoms with E-state index in [9.17, 15) is 4.79 Å². The Bertz CT molecular complexity index is 620. The number of aryl methyl sites for hydroxylation is 1. The fraction of sp³-hybridized carbons (Fsp3) is 0.412. The van der Waals surface area contributed by atoms with Crippen molar-refractivity contribution in [3.8, 4) is 11.3 Å². The van der Waals surface area contributed by atoms with Crippen molar-refractivity contribution < 1.29 is 9.21 Å². The lowest BCUT2D eigenvalue weighted by Crippen LogP contribution is -2.36. The van der Waals surface area contributed by atoms with E-state index >= 15 is 0 Å². The number of amides is 1. The molecule has 0 aliphatic heterocycles. The monoisotopic (exact) mass is 320 g/mol. The van der Waals surface area contributed by atoms with Crippen LogP contribution < -0.4 is 5.32 Å². The minimum Gasteiger partial charge on any atom is -0.441 e. The predicted octanol–water partition coefficient (Wildman–Crippen LogP) is 4.09. The zero-order valence-corrected chi connectivity index (χ0v) is 13.9. The molecule has 5 heteroatoms. The molecule has 118 valence electrons. The normalized spacial score (nSPS) is 12.4. The second-order valence-electron chi connectivity index (χ2n) is 5.73. The van der Waals surface area contributed by atoms with Crippen LogP contribution in [0.3, 0.4) is 0 Å². The molecule has 0 saturated heterocycles. The smallest absolute Gasteiger partial charge is 0.220 e. The molecular formula is C17H21ClN2O2. The average Bonchev–Trinajstić information content (AvgIpc) is 2.94. The maximum absolute atomic E-state index is 11.9. The molecule has 1 amide bonds. The lowest BCUT2D eigenvalue weighted by Gasteiger charge is -2.16. The average molecular weight is 321 g/mol. The van der Waals surface area contributed by atoms with Gasteiger partial charge in [0.2, 0.25) is 5.91 Å². The summed E-state index contributed by atoms with van der Waals surface area (Å²) in [6.07, 6.45) is 2.54. The molecule has 1 unspecified atom stereocenters. The number of carbonyl (C=O) groups excluding carboxylic acids is 1.